The van der Waals surface area contributed by atoms with Gasteiger partial charge in [-0.15, -0.1) is 0 Å². The van der Waals surface area contributed by atoms with E-state index in [2.05, 4.69) is 16.4 Å². The molecule has 1 fully saturated rings. The molecule has 2 aliphatic rings. The first-order chi connectivity index (χ1) is 15.9. The number of hydrogen-bond donors (Lipinski definition) is 1. The van der Waals surface area contributed by atoms with E-state index in [-0.39, 0.29) is 22.9 Å². The van der Waals surface area contributed by atoms with E-state index in [1.165, 1.54) is 13.2 Å². The molecule has 2 aromatic heterocycles. The fraction of sp³-hybridized carbons (Fsp3) is 0.250. The maximum Gasteiger partial charge on any atom is 0.338 e. The Labute approximate surface area is 187 Å². The Morgan fingerprint density at radius 3 is 2.76 bits per heavy atom. The molecule has 1 unspecified atom stereocenters. The molecule has 1 amide bonds. The number of fused-ring (bicyclic) bond motifs is 1. The van der Waals surface area contributed by atoms with E-state index in [9.17, 15) is 19.2 Å². The lowest BCUT2D eigenvalue weighted by molar-refractivity contribution is -0.119. The van der Waals surface area contributed by atoms with Gasteiger partial charge in [-0.1, -0.05) is 6.07 Å². The molecule has 1 atom stereocenters. The van der Waals surface area contributed by atoms with Gasteiger partial charge in [0, 0.05) is 12.4 Å². The standard InChI is InChI=1S/C24H18FN5O3/c1-29-21-15(25)7-14(24(32)33-2)8-16(21)27-22(29)17-9-12-5-6-13(10-26)18-19(12)30(17)20(11-3-4-11)23(31)28-18/h5-9,11,20H,3-4H2,1-2H3,(H,28,31). The van der Waals surface area contributed by atoms with Gasteiger partial charge in [0.15, 0.2) is 5.82 Å². The molecule has 4 aromatic rings. The number of nitrogens with one attached hydrogen (secondary N) is 1. The smallest absolute Gasteiger partial charge is 0.338 e. The van der Waals surface area contributed by atoms with Gasteiger partial charge in [-0.2, -0.15) is 5.26 Å². The number of methoxy groups -OCH3 is 1. The number of nitrogens with zero attached hydrogens (tertiary/aromatic N) is 4. The highest BCUT2D eigenvalue weighted by molar-refractivity contribution is 6.10. The van der Waals surface area contributed by atoms with Gasteiger partial charge in [0.25, 0.3) is 0 Å². The summed E-state index contributed by atoms with van der Waals surface area (Å²) in [6.07, 6.45) is 1.87. The average Bonchev–Trinajstić information content (AvgIpc) is 3.48. The highest BCUT2D eigenvalue weighted by atomic mass is 19.1. The number of esters is 1. The van der Waals surface area contributed by atoms with E-state index in [1.807, 2.05) is 16.7 Å². The van der Waals surface area contributed by atoms with Crippen LogP contribution in [0.15, 0.2) is 30.3 Å². The third-order valence-corrected chi connectivity index (χ3v) is 6.56. The Morgan fingerprint density at radius 2 is 2.06 bits per heavy atom. The molecular weight excluding hydrogens is 425 g/mol. The number of nitriles is 1. The van der Waals surface area contributed by atoms with Crippen LogP contribution in [-0.4, -0.2) is 33.1 Å². The zero-order valence-electron chi connectivity index (χ0n) is 17.8. The number of rotatable bonds is 3. The average molecular weight is 443 g/mol. The van der Waals surface area contributed by atoms with Gasteiger partial charge in [0.1, 0.15) is 23.4 Å². The van der Waals surface area contributed by atoms with Crippen LogP contribution >= 0.6 is 0 Å². The lowest BCUT2D eigenvalue weighted by Gasteiger charge is -2.28. The van der Waals surface area contributed by atoms with Gasteiger partial charge < -0.3 is 19.2 Å². The lowest BCUT2D eigenvalue weighted by atomic mass is 10.0. The Morgan fingerprint density at radius 1 is 1.27 bits per heavy atom. The summed E-state index contributed by atoms with van der Waals surface area (Å²) < 4.78 is 23.3. The first-order valence-corrected chi connectivity index (χ1v) is 10.6. The minimum Gasteiger partial charge on any atom is -0.465 e. The molecule has 1 saturated carbocycles. The van der Waals surface area contributed by atoms with Crippen molar-refractivity contribution in [2.45, 2.75) is 18.9 Å². The van der Waals surface area contributed by atoms with Crippen molar-refractivity contribution in [3.8, 4) is 17.6 Å². The van der Waals surface area contributed by atoms with Crippen molar-refractivity contribution >= 4 is 39.5 Å². The van der Waals surface area contributed by atoms with Crippen LogP contribution in [0.3, 0.4) is 0 Å². The Balaban J connectivity index is 1.66. The zero-order chi connectivity index (χ0) is 23.0. The third-order valence-electron chi connectivity index (χ3n) is 6.56. The van der Waals surface area contributed by atoms with Gasteiger partial charge in [-0.25, -0.2) is 14.2 Å². The molecule has 0 radical (unpaired) electrons. The van der Waals surface area contributed by atoms with E-state index in [0.717, 1.165) is 29.8 Å². The summed E-state index contributed by atoms with van der Waals surface area (Å²) in [5.74, 6) is -0.745. The maximum atomic E-state index is 15.0. The van der Waals surface area contributed by atoms with Gasteiger partial charge >= 0.3 is 5.97 Å². The number of benzene rings is 2. The van der Waals surface area contributed by atoms with Crippen molar-refractivity contribution in [3.05, 3.63) is 47.3 Å². The minimum atomic E-state index is -0.648. The van der Waals surface area contributed by atoms with Gasteiger partial charge in [-0.3, -0.25) is 4.79 Å². The van der Waals surface area contributed by atoms with Crippen molar-refractivity contribution in [2.75, 3.05) is 12.4 Å². The number of halogens is 1. The van der Waals surface area contributed by atoms with Crippen LogP contribution in [-0.2, 0) is 16.6 Å². The van der Waals surface area contributed by atoms with Crippen LogP contribution in [0, 0.1) is 23.1 Å². The highest BCUT2D eigenvalue weighted by Gasteiger charge is 2.43. The molecular formula is C24H18FN5O3. The molecule has 8 nitrogen and oxygen atoms in total. The van der Waals surface area contributed by atoms with E-state index >= 15 is 0 Å². The molecule has 0 saturated heterocycles. The molecule has 0 spiro atoms. The van der Waals surface area contributed by atoms with Crippen molar-refractivity contribution in [3.63, 3.8) is 0 Å². The number of carbonyl (C=O) groups excluding carboxylic acids is 2. The highest BCUT2D eigenvalue weighted by Crippen LogP contribution is 2.48. The minimum absolute atomic E-state index is 0.0741. The largest absolute Gasteiger partial charge is 0.465 e. The predicted molar refractivity (Wildman–Crippen MR) is 118 cm³/mol. The molecule has 9 heteroatoms. The lowest BCUT2D eigenvalue weighted by Crippen LogP contribution is -2.32. The zero-order valence-corrected chi connectivity index (χ0v) is 17.8. The van der Waals surface area contributed by atoms with Gasteiger partial charge in [0.05, 0.1) is 40.7 Å². The van der Waals surface area contributed by atoms with Crippen molar-refractivity contribution in [1.29, 1.82) is 5.26 Å². The summed E-state index contributed by atoms with van der Waals surface area (Å²) in [7, 11) is 2.94. The molecule has 6 rings (SSSR count). The molecule has 2 aromatic carbocycles. The van der Waals surface area contributed by atoms with Crippen molar-refractivity contribution < 1.29 is 18.7 Å². The van der Waals surface area contributed by atoms with E-state index in [4.69, 9.17) is 4.74 Å². The number of anilines is 1. The number of aryl methyl sites for hydroxylation is 1. The molecule has 164 valence electrons. The monoisotopic (exact) mass is 443 g/mol. The summed E-state index contributed by atoms with van der Waals surface area (Å²) in [6.45, 7) is 0. The van der Waals surface area contributed by atoms with Crippen molar-refractivity contribution in [1.82, 2.24) is 14.1 Å². The number of aromatic nitrogens is 3. The second kappa shape index (κ2) is 6.65. The Hall–Kier alpha value is -4.19. The van der Waals surface area contributed by atoms with Crippen LogP contribution in [0.1, 0.15) is 34.8 Å². The molecule has 1 aliphatic heterocycles. The van der Waals surface area contributed by atoms with Crippen LogP contribution in [0.25, 0.3) is 33.5 Å². The number of amides is 1. The number of carbonyl (C=O) groups is 2. The Bertz CT molecular complexity index is 1570. The second-order valence-electron chi connectivity index (χ2n) is 8.52. The molecule has 0 bridgehead atoms. The summed E-state index contributed by atoms with van der Waals surface area (Å²) >= 11 is 0. The molecule has 33 heavy (non-hydrogen) atoms. The van der Waals surface area contributed by atoms with Crippen molar-refractivity contribution in [2.24, 2.45) is 13.0 Å². The fourth-order valence-electron chi connectivity index (χ4n) is 4.91. The molecule has 1 N–H and O–H groups in total. The maximum absolute atomic E-state index is 15.0. The van der Waals surface area contributed by atoms with Gasteiger partial charge in [-0.05, 0) is 43.0 Å². The van der Waals surface area contributed by atoms with Crippen LogP contribution < -0.4 is 5.32 Å². The SMILES string of the molecule is COC(=O)c1cc(F)c2c(c1)nc(-c1cc3ccc(C#N)c4c3n1C(C1CC1)C(=O)N4)n2C. The first kappa shape index (κ1) is 19.5. The van der Waals surface area contributed by atoms with E-state index in [0.29, 0.717) is 28.3 Å². The Kier molecular flexibility index (Phi) is 3.93. The number of imidazole rings is 1. The summed E-state index contributed by atoms with van der Waals surface area (Å²) in [5.41, 5.74) is 2.93. The second-order valence-corrected chi connectivity index (χ2v) is 8.52. The normalized spacial score (nSPS) is 17.3. The quantitative estimate of drug-likeness (QED) is 0.484. The summed E-state index contributed by atoms with van der Waals surface area (Å²) in [4.78, 5) is 29.7. The van der Waals surface area contributed by atoms with Crippen LogP contribution in [0.4, 0.5) is 10.1 Å². The van der Waals surface area contributed by atoms with Crippen LogP contribution in [0.5, 0.6) is 0 Å². The van der Waals surface area contributed by atoms with E-state index < -0.39 is 17.8 Å². The summed E-state index contributed by atoms with van der Waals surface area (Å²) in [6, 6.07) is 9.78. The third kappa shape index (κ3) is 2.64. The predicted octanol–water partition coefficient (Wildman–Crippen LogP) is 3.90. The van der Waals surface area contributed by atoms with Crippen LogP contribution in [0.2, 0.25) is 0 Å². The number of hydrogen-bond acceptors (Lipinski definition) is 5. The van der Waals surface area contributed by atoms with E-state index in [1.54, 1.807) is 17.7 Å². The number of ether oxygens (including phenoxy) is 1. The topological polar surface area (TPSA) is 102 Å². The first-order valence-electron chi connectivity index (χ1n) is 10.6. The molecule has 1 aliphatic carbocycles. The summed E-state index contributed by atoms with van der Waals surface area (Å²) in [5, 5.41) is 13.4. The fourth-order valence-corrected chi connectivity index (χ4v) is 4.91. The molecule has 3 heterocycles. The van der Waals surface area contributed by atoms with Gasteiger partial charge in [0.2, 0.25) is 5.91 Å².